The van der Waals surface area contributed by atoms with Crippen LogP contribution in [0.2, 0.25) is 0 Å². The van der Waals surface area contributed by atoms with Crippen LogP contribution in [0.3, 0.4) is 0 Å². The Kier molecular flexibility index (Phi) is 2.68. The number of aromatic carboxylic acids is 1. The number of hydrogen-bond donors (Lipinski definition) is 1. The molecule has 0 aromatic heterocycles. The van der Waals surface area contributed by atoms with Crippen molar-refractivity contribution < 1.29 is 14.7 Å². The zero-order chi connectivity index (χ0) is 12.6. The lowest BCUT2D eigenvalue weighted by Crippen LogP contribution is -2.09. The molecule has 17 heavy (non-hydrogen) atoms. The van der Waals surface area contributed by atoms with Gasteiger partial charge in [0.1, 0.15) is 0 Å². The second kappa shape index (κ2) is 4.01. The van der Waals surface area contributed by atoms with E-state index in [2.05, 4.69) is 0 Å². The molecule has 1 N–H and O–H groups in total. The number of carbonyl (C=O) groups is 2. The molecular weight excluding hydrogens is 216 g/mol. The lowest BCUT2D eigenvalue weighted by atomic mass is 9.92. The van der Waals surface area contributed by atoms with Crippen LogP contribution < -0.4 is 0 Å². The monoisotopic (exact) mass is 228 g/mol. The maximum Gasteiger partial charge on any atom is 0.336 e. The second-order valence-corrected chi connectivity index (χ2v) is 4.03. The van der Waals surface area contributed by atoms with Gasteiger partial charge in [-0.25, -0.2) is 4.79 Å². The zero-order valence-corrected chi connectivity index (χ0v) is 9.65. The first-order valence-electron chi connectivity index (χ1n) is 5.29. The molecular formula is C14H12O3. The summed E-state index contributed by atoms with van der Waals surface area (Å²) in [5.74, 6) is -1.28. The Balaban J connectivity index is 2.99. The number of carbonyl (C=O) groups excluding carboxylic acids is 1. The standard InChI is InChI=1S/C14H12O3/c1-8-7-10-5-3-4-6-11(10)13(9(2)15)12(8)14(16)17/h3-7H,1-2H3,(H,16,17). The highest BCUT2D eigenvalue weighted by Crippen LogP contribution is 2.26. The van der Waals surface area contributed by atoms with Gasteiger partial charge in [0.25, 0.3) is 0 Å². The largest absolute Gasteiger partial charge is 0.478 e. The normalized spacial score (nSPS) is 10.5. The predicted molar refractivity (Wildman–Crippen MR) is 65.6 cm³/mol. The predicted octanol–water partition coefficient (Wildman–Crippen LogP) is 3.05. The quantitative estimate of drug-likeness (QED) is 0.804. The number of rotatable bonds is 2. The van der Waals surface area contributed by atoms with Crippen LogP contribution in [0.4, 0.5) is 0 Å². The molecule has 0 unspecified atom stereocenters. The summed E-state index contributed by atoms with van der Waals surface area (Å²) < 4.78 is 0. The Morgan fingerprint density at radius 3 is 2.35 bits per heavy atom. The molecule has 0 spiro atoms. The summed E-state index contributed by atoms with van der Waals surface area (Å²) in [6, 6.07) is 9.12. The van der Waals surface area contributed by atoms with E-state index in [0.717, 1.165) is 5.39 Å². The van der Waals surface area contributed by atoms with E-state index in [4.69, 9.17) is 0 Å². The van der Waals surface area contributed by atoms with Gasteiger partial charge in [-0.15, -0.1) is 0 Å². The van der Waals surface area contributed by atoms with Gasteiger partial charge in [-0.2, -0.15) is 0 Å². The summed E-state index contributed by atoms with van der Waals surface area (Å²) >= 11 is 0. The minimum atomic E-state index is -1.06. The van der Waals surface area contributed by atoms with Crippen molar-refractivity contribution in [3.63, 3.8) is 0 Å². The zero-order valence-electron chi connectivity index (χ0n) is 9.65. The highest BCUT2D eigenvalue weighted by molar-refractivity contribution is 6.15. The minimum Gasteiger partial charge on any atom is -0.478 e. The van der Waals surface area contributed by atoms with Crippen LogP contribution in [-0.2, 0) is 0 Å². The highest BCUT2D eigenvalue weighted by atomic mass is 16.4. The molecule has 0 fully saturated rings. The van der Waals surface area contributed by atoms with E-state index in [1.54, 1.807) is 25.1 Å². The van der Waals surface area contributed by atoms with Crippen LogP contribution in [0.25, 0.3) is 10.8 Å². The third kappa shape index (κ3) is 1.80. The topological polar surface area (TPSA) is 54.4 Å². The molecule has 0 atom stereocenters. The number of aryl methyl sites for hydroxylation is 1. The molecule has 3 heteroatoms. The van der Waals surface area contributed by atoms with Gasteiger partial charge in [0.15, 0.2) is 5.78 Å². The molecule has 2 rings (SSSR count). The van der Waals surface area contributed by atoms with Gasteiger partial charge in [-0.3, -0.25) is 4.79 Å². The maximum atomic E-state index is 11.7. The van der Waals surface area contributed by atoms with E-state index in [1.165, 1.54) is 6.92 Å². The molecule has 0 aliphatic rings. The van der Waals surface area contributed by atoms with Crippen molar-refractivity contribution in [2.75, 3.05) is 0 Å². The Labute approximate surface area is 98.7 Å². The molecule has 0 aliphatic carbocycles. The van der Waals surface area contributed by atoms with Gasteiger partial charge in [0.2, 0.25) is 0 Å². The van der Waals surface area contributed by atoms with Crippen molar-refractivity contribution in [1.29, 1.82) is 0 Å². The van der Waals surface area contributed by atoms with Crippen LogP contribution in [0, 0.1) is 6.92 Å². The van der Waals surface area contributed by atoms with Crippen molar-refractivity contribution in [2.45, 2.75) is 13.8 Å². The molecule has 0 radical (unpaired) electrons. The van der Waals surface area contributed by atoms with E-state index >= 15 is 0 Å². The van der Waals surface area contributed by atoms with E-state index in [0.29, 0.717) is 16.5 Å². The molecule has 0 amide bonds. The fourth-order valence-electron chi connectivity index (χ4n) is 2.13. The van der Waals surface area contributed by atoms with Crippen molar-refractivity contribution in [1.82, 2.24) is 0 Å². The van der Waals surface area contributed by atoms with Gasteiger partial charge in [-0.1, -0.05) is 30.3 Å². The average molecular weight is 228 g/mol. The number of fused-ring (bicyclic) bond motifs is 1. The molecule has 0 heterocycles. The first kappa shape index (κ1) is 11.3. The summed E-state index contributed by atoms with van der Waals surface area (Å²) in [7, 11) is 0. The fourth-order valence-corrected chi connectivity index (χ4v) is 2.13. The number of hydrogen-bond acceptors (Lipinski definition) is 2. The van der Waals surface area contributed by atoms with E-state index in [-0.39, 0.29) is 11.3 Å². The van der Waals surface area contributed by atoms with Crippen LogP contribution in [-0.4, -0.2) is 16.9 Å². The molecule has 0 bridgehead atoms. The van der Waals surface area contributed by atoms with E-state index < -0.39 is 5.97 Å². The van der Waals surface area contributed by atoms with Crippen molar-refractivity contribution in [2.24, 2.45) is 0 Å². The van der Waals surface area contributed by atoms with Crippen LogP contribution >= 0.6 is 0 Å². The van der Waals surface area contributed by atoms with Crippen LogP contribution in [0.1, 0.15) is 33.2 Å². The lowest BCUT2D eigenvalue weighted by molar-refractivity contribution is 0.0692. The third-order valence-corrected chi connectivity index (χ3v) is 2.81. The molecule has 0 aliphatic heterocycles. The Morgan fingerprint density at radius 2 is 1.76 bits per heavy atom. The average Bonchev–Trinajstić information content (AvgIpc) is 2.26. The van der Waals surface area contributed by atoms with Gasteiger partial charge in [-0.05, 0) is 30.2 Å². The summed E-state index contributed by atoms with van der Waals surface area (Å²) in [5, 5.41) is 10.8. The Morgan fingerprint density at radius 1 is 1.12 bits per heavy atom. The molecule has 2 aromatic carbocycles. The van der Waals surface area contributed by atoms with Gasteiger partial charge >= 0.3 is 5.97 Å². The number of carboxylic acid groups (broad SMARTS) is 1. The van der Waals surface area contributed by atoms with Gasteiger partial charge < -0.3 is 5.11 Å². The number of benzene rings is 2. The molecule has 86 valence electrons. The van der Waals surface area contributed by atoms with E-state index in [1.807, 2.05) is 12.1 Å². The van der Waals surface area contributed by atoms with Crippen molar-refractivity contribution in [3.05, 3.63) is 47.0 Å². The fraction of sp³-hybridized carbons (Fsp3) is 0.143. The second-order valence-electron chi connectivity index (χ2n) is 4.03. The lowest BCUT2D eigenvalue weighted by Gasteiger charge is -2.10. The summed E-state index contributed by atoms with van der Waals surface area (Å²) in [6.07, 6.45) is 0. The van der Waals surface area contributed by atoms with Crippen molar-refractivity contribution in [3.8, 4) is 0 Å². The number of Topliss-reactive ketones (excluding diaryl/α,β-unsaturated/α-hetero) is 1. The summed E-state index contributed by atoms with van der Waals surface area (Å²) in [6.45, 7) is 3.11. The van der Waals surface area contributed by atoms with Gasteiger partial charge in [0, 0.05) is 5.56 Å². The number of carboxylic acids is 1. The highest BCUT2D eigenvalue weighted by Gasteiger charge is 2.19. The van der Waals surface area contributed by atoms with E-state index in [9.17, 15) is 14.7 Å². The van der Waals surface area contributed by atoms with Gasteiger partial charge in [0.05, 0.1) is 5.56 Å². The molecule has 0 saturated heterocycles. The maximum absolute atomic E-state index is 11.7. The molecule has 2 aromatic rings. The Hall–Kier alpha value is -2.16. The minimum absolute atomic E-state index is 0.108. The van der Waals surface area contributed by atoms with Crippen LogP contribution in [0.15, 0.2) is 30.3 Å². The SMILES string of the molecule is CC(=O)c1c(C(=O)O)c(C)cc2ccccc12. The number of ketones is 1. The first-order chi connectivity index (χ1) is 8.02. The molecule has 0 saturated carbocycles. The van der Waals surface area contributed by atoms with Crippen LogP contribution in [0.5, 0.6) is 0 Å². The summed E-state index contributed by atoms with van der Waals surface area (Å²) in [5.41, 5.74) is 1.02. The third-order valence-electron chi connectivity index (χ3n) is 2.81. The Bertz CT molecular complexity index is 627. The van der Waals surface area contributed by atoms with Crippen molar-refractivity contribution >= 4 is 22.5 Å². The molecule has 3 nitrogen and oxygen atoms in total. The first-order valence-corrected chi connectivity index (χ1v) is 5.29. The smallest absolute Gasteiger partial charge is 0.336 e. The summed E-state index contributed by atoms with van der Waals surface area (Å²) in [4.78, 5) is 22.9.